The van der Waals surface area contributed by atoms with Crippen LogP contribution in [0.2, 0.25) is 0 Å². The highest BCUT2D eigenvalue weighted by atomic mass is 32.1. The third kappa shape index (κ3) is 3.92. The molecule has 0 aromatic carbocycles. The summed E-state index contributed by atoms with van der Waals surface area (Å²) in [6.07, 6.45) is 6.57. The SMILES string of the molecule is NC(=O)C[C@@H]1CCCCN1C(=O)/C=C\c1ccsc1. The minimum atomic E-state index is -0.341. The predicted molar refractivity (Wildman–Crippen MR) is 76.5 cm³/mol. The molecule has 1 aromatic heterocycles. The van der Waals surface area contributed by atoms with Gasteiger partial charge in [0.2, 0.25) is 11.8 Å². The molecule has 4 nitrogen and oxygen atoms in total. The Labute approximate surface area is 116 Å². The van der Waals surface area contributed by atoms with Crippen LogP contribution in [0.4, 0.5) is 0 Å². The van der Waals surface area contributed by atoms with Crippen molar-refractivity contribution >= 4 is 29.2 Å². The highest BCUT2D eigenvalue weighted by Gasteiger charge is 2.26. The molecule has 1 saturated heterocycles. The van der Waals surface area contributed by atoms with Crippen LogP contribution >= 0.6 is 11.3 Å². The van der Waals surface area contributed by atoms with E-state index in [0.717, 1.165) is 24.8 Å². The molecule has 1 fully saturated rings. The van der Waals surface area contributed by atoms with Crippen LogP contribution in [-0.4, -0.2) is 29.3 Å². The smallest absolute Gasteiger partial charge is 0.246 e. The van der Waals surface area contributed by atoms with Crippen LogP contribution in [0.5, 0.6) is 0 Å². The molecular weight excluding hydrogens is 260 g/mol. The molecule has 0 spiro atoms. The van der Waals surface area contributed by atoms with E-state index in [0.29, 0.717) is 6.54 Å². The zero-order valence-corrected chi connectivity index (χ0v) is 11.6. The van der Waals surface area contributed by atoms with E-state index in [9.17, 15) is 9.59 Å². The average Bonchev–Trinajstić information content (AvgIpc) is 2.89. The number of nitrogens with two attached hydrogens (primary N) is 1. The van der Waals surface area contributed by atoms with Gasteiger partial charge in [0, 0.05) is 25.1 Å². The zero-order chi connectivity index (χ0) is 13.7. The van der Waals surface area contributed by atoms with E-state index in [1.54, 1.807) is 22.3 Å². The normalized spacial score (nSPS) is 19.8. The first-order valence-electron chi connectivity index (χ1n) is 6.46. The fourth-order valence-electron chi connectivity index (χ4n) is 2.37. The highest BCUT2D eigenvalue weighted by molar-refractivity contribution is 7.08. The van der Waals surface area contributed by atoms with E-state index in [2.05, 4.69) is 0 Å². The molecule has 1 aliphatic heterocycles. The molecule has 19 heavy (non-hydrogen) atoms. The van der Waals surface area contributed by atoms with Gasteiger partial charge < -0.3 is 10.6 Å². The molecule has 0 saturated carbocycles. The Morgan fingerprint density at radius 2 is 2.32 bits per heavy atom. The molecule has 2 N–H and O–H groups in total. The van der Waals surface area contributed by atoms with E-state index in [1.165, 1.54) is 0 Å². The molecular formula is C14H18N2O2S. The van der Waals surface area contributed by atoms with Crippen LogP contribution in [0, 0.1) is 0 Å². The third-order valence-corrected chi connectivity index (χ3v) is 4.01. The quantitative estimate of drug-likeness (QED) is 0.856. The van der Waals surface area contributed by atoms with E-state index in [1.807, 2.05) is 22.9 Å². The maximum absolute atomic E-state index is 12.2. The third-order valence-electron chi connectivity index (χ3n) is 3.31. The monoisotopic (exact) mass is 278 g/mol. The number of primary amides is 1. The van der Waals surface area contributed by atoms with Gasteiger partial charge in [-0.05, 0) is 47.7 Å². The molecule has 0 bridgehead atoms. The molecule has 1 aliphatic rings. The van der Waals surface area contributed by atoms with Gasteiger partial charge in [0.15, 0.2) is 0 Å². The Balaban J connectivity index is 2.00. The van der Waals surface area contributed by atoms with Gasteiger partial charge in [0.05, 0.1) is 0 Å². The maximum Gasteiger partial charge on any atom is 0.246 e. The summed E-state index contributed by atoms with van der Waals surface area (Å²) in [5, 5.41) is 3.96. The number of nitrogens with zero attached hydrogens (tertiary/aromatic N) is 1. The van der Waals surface area contributed by atoms with Gasteiger partial charge in [-0.2, -0.15) is 11.3 Å². The minimum Gasteiger partial charge on any atom is -0.370 e. The molecule has 0 unspecified atom stereocenters. The number of rotatable bonds is 4. The van der Waals surface area contributed by atoms with Crippen molar-refractivity contribution in [2.45, 2.75) is 31.7 Å². The number of hydrogen-bond donors (Lipinski definition) is 1. The van der Waals surface area contributed by atoms with Crippen LogP contribution in [0.25, 0.3) is 6.08 Å². The fourth-order valence-corrected chi connectivity index (χ4v) is 3.00. The van der Waals surface area contributed by atoms with Crippen molar-refractivity contribution in [1.29, 1.82) is 0 Å². The van der Waals surface area contributed by atoms with Crippen LogP contribution in [0.1, 0.15) is 31.2 Å². The molecule has 0 radical (unpaired) electrons. The van der Waals surface area contributed by atoms with Crippen molar-refractivity contribution in [2.75, 3.05) is 6.54 Å². The first kappa shape index (κ1) is 13.8. The van der Waals surface area contributed by atoms with Crippen LogP contribution in [0.3, 0.4) is 0 Å². The van der Waals surface area contributed by atoms with Crippen LogP contribution in [0.15, 0.2) is 22.9 Å². The summed E-state index contributed by atoms with van der Waals surface area (Å²) in [5.74, 6) is -0.372. The lowest BCUT2D eigenvalue weighted by Gasteiger charge is -2.34. The lowest BCUT2D eigenvalue weighted by Crippen LogP contribution is -2.44. The van der Waals surface area contributed by atoms with Crippen molar-refractivity contribution in [3.05, 3.63) is 28.5 Å². The Hall–Kier alpha value is -1.62. The first-order chi connectivity index (χ1) is 9.16. The lowest BCUT2D eigenvalue weighted by molar-refractivity contribution is -0.130. The maximum atomic E-state index is 12.2. The Kier molecular flexibility index (Phi) is 4.74. The Morgan fingerprint density at radius 1 is 1.47 bits per heavy atom. The first-order valence-corrected chi connectivity index (χ1v) is 7.40. The van der Waals surface area contributed by atoms with Crippen molar-refractivity contribution < 1.29 is 9.59 Å². The average molecular weight is 278 g/mol. The second kappa shape index (κ2) is 6.52. The predicted octanol–water partition coefficient (Wildman–Crippen LogP) is 2.02. The number of carbonyl (C=O) groups excluding carboxylic acids is 2. The van der Waals surface area contributed by atoms with Gasteiger partial charge >= 0.3 is 0 Å². The number of likely N-dealkylation sites (tertiary alicyclic amines) is 1. The molecule has 5 heteroatoms. The van der Waals surface area contributed by atoms with E-state index < -0.39 is 0 Å². The van der Waals surface area contributed by atoms with Gasteiger partial charge in [-0.1, -0.05) is 0 Å². The number of amides is 2. The number of carbonyl (C=O) groups is 2. The zero-order valence-electron chi connectivity index (χ0n) is 10.7. The Bertz CT molecular complexity index is 468. The molecule has 1 atom stereocenters. The van der Waals surface area contributed by atoms with E-state index >= 15 is 0 Å². The second-order valence-electron chi connectivity index (χ2n) is 4.74. The molecule has 2 heterocycles. The molecule has 102 valence electrons. The number of piperidine rings is 1. The lowest BCUT2D eigenvalue weighted by atomic mass is 9.99. The summed E-state index contributed by atoms with van der Waals surface area (Å²) in [4.78, 5) is 25.0. The summed E-state index contributed by atoms with van der Waals surface area (Å²) in [7, 11) is 0. The van der Waals surface area contributed by atoms with Crippen LogP contribution in [-0.2, 0) is 9.59 Å². The molecule has 1 aromatic rings. The standard InChI is InChI=1S/C14H18N2O2S/c15-13(17)9-12-3-1-2-7-16(12)14(18)5-4-11-6-8-19-10-11/h4-6,8,10,12H,1-3,7,9H2,(H2,15,17)/b5-4-/t12-/m0/s1. The summed E-state index contributed by atoms with van der Waals surface area (Å²) in [5.41, 5.74) is 6.27. The summed E-state index contributed by atoms with van der Waals surface area (Å²) in [6.45, 7) is 0.713. The van der Waals surface area contributed by atoms with Gasteiger partial charge in [-0.3, -0.25) is 9.59 Å². The van der Waals surface area contributed by atoms with Gasteiger partial charge in [-0.15, -0.1) is 0 Å². The largest absolute Gasteiger partial charge is 0.370 e. The highest BCUT2D eigenvalue weighted by Crippen LogP contribution is 2.20. The van der Waals surface area contributed by atoms with Crippen molar-refractivity contribution in [2.24, 2.45) is 5.73 Å². The molecule has 0 aliphatic carbocycles. The topological polar surface area (TPSA) is 63.4 Å². The molecule has 2 amide bonds. The number of thiophene rings is 1. The van der Waals surface area contributed by atoms with Crippen LogP contribution < -0.4 is 5.73 Å². The summed E-state index contributed by atoms with van der Waals surface area (Å²) >= 11 is 1.60. The minimum absolute atomic E-state index is 0.0304. The van der Waals surface area contributed by atoms with Crippen molar-refractivity contribution in [3.8, 4) is 0 Å². The number of hydrogen-bond acceptors (Lipinski definition) is 3. The van der Waals surface area contributed by atoms with Crippen molar-refractivity contribution in [3.63, 3.8) is 0 Å². The van der Waals surface area contributed by atoms with E-state index in [4.69, 9.17) is 5.73 Å². The Morgan fingerprint density at radius 3 is 3.00 bits per heavy atom. The summed E-state index contributed by atoms with van der Waals surface area (Å²) in [6, 6.07) is 1.93. The van der Waals surface area contributed by atoms with Gasteiger partial charge in [0.25, 0.3) is 0 Å². The molecule has 2 rings (SSSR count). The van der Waals surface area contributed by atoms with Gasteiger partial charge in [-0.25, -0.2) is 0 Å². The van der Waals surface area contributed by atoms with E-state index in [-0.39, 0.29) is 24.3 Å². The van der Waals surface area contributed by atoms with Crippen molar-refractivity contribution in [1.82, 2.24) is 4.90 Å². The fraction of sp³-hybridized carbons (Fsp3) is 0.429. The summed E-state index contributed by atoms with van der Waals surface area (Å²) < 4.78 is 0. The second-order valence-corrected chi connectivity index (χ2v) is 5.52. The van der Waals surface area contributed by atoms with Gasteiger partial charge in [0.1, 0.15) is 0 Å².